The van der Waals surface area contributed by atoms with Crippen molar-refractivity contribution < 1.29 is 5.11 Å². The van der Waals surface area contributed by atoms with Crippen LogP contribution in [0.5, 0.6) is 0 Å². The molecule has 0 radical (unpaired) electrons. The Kier molecular flexibility index (Phi) is 15.3. The van der Waals surface area contributed by atoms with Gasteiger partial charge in [0.1, 0.15) is 0 Å². The van der Waals surface area contributed by atoms with E-state index >= 15 is 0 Å². The van der Waals surface area contributed by atoms with Crippen molar-refractivity contribution in [2.75, 3.05) is 0 Å². The molecule has 0 heterocycles. The molecule has 0 aromatic heterocycles. The second kappa shape index (κ2) is 8.47. The van der Waals surface area contributed by atoms with Crippen molar-refractivity contribution in [1.29, 1.82) is 0 Å². The minimum absolute atomic E-state index is 0. The summed E-state index contributed by atoms with van der Waals surface area (Å²) in [5.41, 5.74) is -0.750. The second-order valence-corrected chi connectivity index (χ2v) is 2.47. The summed E-state index contributed by atoms with van der Waals surface area (Å²) in [5.74, 6) is 0. The first-order valence-electron chi connectivity index (χ1n) is 2.56. The van der Waals surface area contributed by atoms with Crippen LogP contribution in [0.25, 0.3) is 0 Å². The van der Waals surface area contributed by atoms with Crippen molar-refractivity contribution >= 4 is 23.1 Å². The summed E-state index contributed by atoms with van der Waals surface area (Å²) in [6.07, 6.45) is 2.50. The third-order valence-electron chi connectivity index (χ3n) is 0. The molecule has 0 aliphatic heterocycles. The molecule has 0 saturated carbocycles. The molecule has 0 saturated heterocycles. The van der Waals surface area contributed by atoms with Gasteiger partial charge in [-0.05, 0) is 0 Å². The van der Waals surface area contributed by atoms with E-state index in [1.807, 2.05) is 0 Å². The van der Waals surface area contributed by atoms with Crippen molar-refractivity contribution in [3.05, 3.63) is 12.7 Å². The van der Waals surface area contributed by atoms with Gasteiger partial charge in [0, 0.05) is 0 Å². The Balaban J connectivity index is -0.0000000800. The van der Waals surface area contributed by atoms with Crippen LogP contribution in [0.3, 0.4) is 0 Å². The molecule has 0 aromatic rings. The van der Waals surface area contributed by atoms with E-state index in [2.05, 4.69) is 12.7 Å². The van der Waals surface area contributed by atoms with Crippen LogP contribution in [0.1, 0.15) is 27.7 Å². The molecular weight excluding hydrogens is 124 g/mol. The molecule has 0 aliphatic carbocycles. The molecule has 0 bridgehead atoms. The first-order chi connectivity index (χ1) is 3.41. The normalized spacial score (nSPS) is 8.11. The molecule has 0 fully saturated rings. The van der Waals surface area contributed by atoms with Gasteiger partial charge >= 0.3 is 23.1 Å². The zero-order valence-corrected chi connectivity index (χ0v) is 8.24. The van der Waals surface area contributed by atoms with Crippen molar-refractivity contribution in [1.82, 2.24) is 0 Å². The summed E-state index contributed by atoms with van der Waals surface area (Å²) in [7, 11) is 0. The molecule has 1 nitrogen and oxygen atoms in total. The zero-order valence-electron chi connectivity index (χ0n) is 6.82. The Morgan fingerprint density at radius 2 is 1.33 bits per heavy atom. The van der Waals surface area contributed by atoms with Gasteiger partial charge < -0.3 is 11.2 Å². The fourth-order valence-corrected chi connectivity index (χ4v) is 0. The third-order valence-corrected chi connectivity index (χ3v) is 0. The largest absolute Gasteiger partial charge is 2.00 e. The summed E-state index contributed by atoms with van der Waals surface area (Å²) < 4.78 is 0. The minimum Gasteiger partial charge on any atom is -0.850 e. The van der Waals surface area contributed by atoms with E-state index in [0.29, 0.717) is 0 Å². The average molecular weight is 138 g/mol. The fourth-order valence-electron chi connectivity index (χ4n) is 0. The standard InChI is InChI=1S/C4H9O.C3H5.Mg/c1-4(2,3)5;1-3-2;/h1-3H3;1H2,2H3;/q2*-1;+2. The molecule has 0 unspecified atom stereocenters. The molecule has 50 valence electrons. The quantitative estimate of drug-likeness (QED) is 0.358. The average Bonchev–Trinajstić information content (AvgIpc) is 1.27. The van der Waals surface area contributed by atoms with Crippen molar-refractivity contribution in [2.45, 2.75) is 33.3 Å². The maximum atomic E-state index is 10.1. The molecule has 0 N–H and O–H groups in total. The van der Waals surface area contributed by atoms with E-state index < -0.39 is 5.60 Å². The van der Waals surface area contributed by atoms with Gasteiger partial charge in [-0.25, -0.2) is 0 Å². The van der Waals surface area contributed by atoms with Gasteiger partial charge in [0.15, 0.2) is 0 Å². The molecule has 0 aliphatic rings. The van der Waals surface area contributed by atoms with Crippen LogP contribution < -0.4 is 5.11 Å². The monoisotopic (exact) mass is 138 g/mol. The number of rotatable bonds is 0. The van der Waals surface area contributed by atoms with Gasteiger partial charge in [-0.1, -0.05) is 20.8 Å². The van der Waals surface area contributed by atoms with E-state index in [9.17, 15) is 5.11 Å². The van der Waals surface area contributed by atoms with E-state index in [0.717, 1.165) is 0 Å². The van der Waals surface area contributed by atoms with Gasteiger partial charge in [-0.2, -0.15) is 6.92 Å². The molecule has 0 rings (SSSR count). The van der Waals surface area contributed by atoms with Crippen LogP contribution in [-0.4, -0.2) is 28.7 Å². The Labute approximate surface area is 74.3 Å². The van der Waals surface area contributed by atoms with Gasteiger partial charge in [0.2, 0.25) is 0 Å². The summed E-state index contributed by atoms with van der Waals surface area (Å²) in [5, 5.41) is 10.1. The van der Waals surface area contributed by atoms with Crippen LogP contribution in [0.15, 0.2) is 6.58 Å². The second-order valence-electron chi connectivity index (χ2n) is 2.47. The number of hydrogen-bond acceptors (Lipinski definition) is 1. The minimum atomic E-state index is -0.750. The van der Waals surface area contributed by atoms with E-state index in [-0.39, 0.29) is 23.1 Å². The number of hydrogen-bond donors (Lipinski definition) is 0. The van der Waals surface area contributed by atoms with Gasteiger partial charge in [0.05, 0.1) is 0 Å². The first-order valence-corrected chi connectivity index (χ1v) is 2.56. The van der Waals surface area contributed by atoms with Crippen LogP contribution in [0.4, 0.5) is 0 Å². The van der Waals surface area contributed by atoms with Crippen molar-refractivity contribution in [2.24, 2.45) is 0 Å². The fraction of sp³-hybridized carbons (Fsp3) is 0.714. The summed E-state index contributed by atoms with van der Waals surface area (Å²) in [6.45, 7) is 9.90. The van der Waals surface area contributed by atoms with Crippen LogP contribution >= 0.6 is 0 Å². The van der Waals surface area contributed by atoms with Crippen LogP contribution in [-0.2, 0) is 0 Å². The molecule has 0 atom stereocenters. The summed E-state index contributed by atoms with van der Waals surface area (Å²) in [4.78, 5) is 0. The predicted molar refractivity (Wildman–Crippen MR) is 40.1 cm³/mol. The molecule has 0 spiro atoms. The van der Waals surface area contributed by atoms with Crippen molar-refractivity contribution in [3.8, 4) is 0 Å². The molecule has 2 heteroatoms. The van der Waals surface area contributed by atoms with Crippen molar-refractivity contribution in [3.63, 3.8) is 0 Å². The van der Waals surface area contributed by atoms with Gasteiger partial charge in [-0.3, -0.25) is 6.58 Å². The Hall–Kier alpha value is 0.466. The smallest absolute Gasteiger partial charge is 0.850 e. The van der Waals surface area contributed by atoms with E-state index in [1.165, 1.54) is 0 Å². The van der Waals surface area contributed by atoms with E-state index in [1.54, 1.807) is 27.7 Å². The maximum absolute atomic E-state index is 10.1. The van der Waals surface area contributed by atoms with Crippen LogP contribution in [0, 0.1) is 6.08 Å². The SMILES string of the molecule is C=[C-]C.CC(C)(C)[O-].[Mg+2]. The number of allylic oxidation sites excluding steroid dienone is 1. The summed E-state index contributed by atoms with van der Waals surface area (Å²) in [6, 6.07) is 0. The topological polar surface area (TPSA) is 23.1 Å². The molecule has 9 heavy (non-hydrogen) atoms. The zero-order chi connectivity index (χ0) is 7.21. The van der Waals surface area contributed by atoms with E-state index in [4.69, 9.17) is 0 Å². The molecule has 0 amide bonds. The predicted octanol–water partition coefficient (Wildman–Crippen LogP) is 0.760. The van der Waals surface area contributed by atoms with Gasteiger partial charge in [-0.15, -0.1) is 5.60 Å². The first kappa shape index (κ1) is 16.2. The Bertz CT molecular complexity index is 48.4. The van der Waals surface area contributed by atoms with Gasteiger partial charge in [0.25, 0.3) is 0 Å². The maximum Gasteiger partial charge on any atom is 2.00 e. The Morgan fingerprint density at radius 1 is 1.33 bits per heavy atom. The summed E-state index contributed by atoms with van der Waals surface area (Å²) >= 11 is 0. The third kappa shape index (κ3) is 1630. The molecular formula is C7H14MgO. The Morgan fingerprint density at radius 3 is 1.33 bits per heavy atom. The molecule has 0 aromatic carbocycles. The van der Waals surface area contributed by atoms with Crippen LogP contribution in [0.2, 0.25) is 0 Å².